The molecule has 5 heteroatoms. The van der Waals surface area contributed by atoms with Crippen LogP contribution in [0.1, 0.15) is 28.8 Å². The van der Waals surface area contributed by atoms with Crippen LogP contribution in [-0.4, -0.2) is 36.4 Å². The van der Waals surface area contributed by atoms with Gasteiger partial charge in [-0.05, 0) is 36.2 Å². The summed E-state index contributed by atoms with van der Waals surface area (Å²) in [5.41, 5.74) is 2.43. The number of carbonyl (C=O) groups is 2. The van der Waals surface area contributed by atoms with E-state index in [0.29, 0.717) is 31.7 Å². The zero-order valence-corrected chi connectivity index (χ0v) is 14.0. The fourth-order valence-electron chi connectivity index (χ4n) is 3.43. The lowest BCUT2D eigenvalue weighted by atomic mass is 10.1. The Morgan fingerprint density at radius 3 is 2.80 bits per heavy atom. The lowest BCUT2D eigenvalue weighted by molar-refractivity contribution is -0.128. The molecule has 0 aliphatic carbocycles. The second-order valence-electron chi connectivity index (χ2n) is 6.39. The van der Waals surface area contributed by atoms with Crippen LogP contribution in [0.25, 0.3) is 0 Å². The number of hydrogen-bond donors (Lipinski definition) is 0. The predicted molar refractivity (Wildman–Crippen MR) is 94.7 cm³/mol. The molecule has 0 atom stereocenters. The van der Waals surface area contributed by atoms with E-state index in [2.05, 4.69) is 0 Å². The summed E-state index contributed by atoms with van der Waals surface area (Å²) in [5, 5.41) is 0. The molecule has 2 aliphatic rings. The first-order chi connectivity index (χ1) is 12.2. The fourth-order valence-corrected chi connectivity index (χ4v) is 3.43. The topological polar surface area (TPSA) is 49.9 Å². The van der Waals surface area contributed by atoms with Crippen LogP contribution in [0.15, 0.2) is 48.5 Å². The number of ether oxygens (including phenoxy) is 1. The SMILES string of the molecule is O=C1CCCN1Cc1cccc(C(=O)N2CCOc3ccccc32)c1. The third-order valence-electron chi connectivity index (χ3n) is 4.69. The maximum atomic E-state index is 13.0. The largest absolute Gasteiger partial charge is 0.490 e. The van der Waals surface area contributed by atoms with E-state index in [4.69, 9.17) is 4.74 Å². The average Bonchev–Trinajstić information content (AvgIpc) is 3.05. The Morgan fingerprint density at radius 2 is 1.96 bits per heavy atom. The van der Waals surface area contributed by atoms with Gasteiger partial charge in [-0.2, -0.15) is 0 Å². The number of benzene rings is 2. The van der Waals surface area contributed by atoms with Gasteiger partial charge in [-0.1, -0.05) is 24.3 Å². The Hall–Kier alpha value is -2.82. The van der Waals surface area contributed by atoms with Crippen molar-refractivity contribution in [3.05, 3.63) is 59.7 Å². The van der Waals surface area contributed by atoms with Gasteiger partial charge in [0, 0.05) is 25.1 Å². The molecule has 4 rings (SSSR count). The highest BCUT2D eigenvalue weighted by Gasteiger charge is 2.25. The van der Waals surface area contributed by atoms with Crippen molar-refractivity contribution >= 4 is 17.5 Å². The monoisotopic (exact) mass is 336 g/mol. The molecule has 0 spiro atoms. The summed E-state index contributed by atoms with van der Waals surface area (Å²) >= 11 is 0. The Labute approximate surface area is 146 Å². The van der Waals surface area contributed by atoms with Gasteiger partial charge in [0.2, 0.25) is 5.91 Å². The summed E-state index contributed by atoms with van der Waals surface area (Å²) in [7, 11) is 0. The van der Waals surface area contributed by atoms with Gasteiger partial charge in [0.15, 0.2) is 0 Å². The van der Waals surface area contributed by atoms with Crippen molar-refractivity contribution in [1.82, 2.24) is 4.90 Å². The maximum absolute atomic E-state index is 13.0. The highest BCUT2D eigenvalue weighted by molar-refractivity contribution is 6.07. The molecule has 25 heavy (non-hydrogen) atoms. The molecule has 0 saturated carbocycles. The molecule has 2 heterocycles. The molecule has 1 saturated heterocycles. The van der Waals surface area contributed by atoms with Crippen molar-refractivity contribution in [3.8, 4) is 5.75 Å². The highest BCUT2D eigenvalue weighted by Crippen LogP contribution is 2.32. The first-order valence-corrected chi connectivity index (χ1v) is 8.63. The van der Waals surface area contributed by atoms with E-state index in [1.807, 2.05) is 53.4 Å². The van der Waals surface area contributed by atoms with E-state index in [1.54, 1.807) is 4.90 Å². The van der Waals surface area contributed by atoms with Crippen LogP contribution < -0.4 is 9.64 Å². The van der Waals surface area contributed by atoms with Crippen LogP contribution in [0.2, 0.25) is 0 Å². The van der Waals surface area contributed by atoms with Crippen LogP contribution in [0, 0.1) is 0 Å². The number of amides is 2. The van der Waals surface area contributed by atoms with Crippen LogP contribution in [0.4, 0.5) is 5.69 Å². The summed E-state index contributed by atoms with van der Waals surface area (Å²) < 4.78 is 5.63. The normalized spacial score (nSPS) is 16.6. The first-order valence-electron chi connectivity index (χ1n) is 8.63. The van der Waals surface area contributed by atoms with E-state index in [9.17, 15) is 9.59 Å². The number of para-hydroxylation sites is 2. The molecule has 1 fully saturated rings. The first kappa shape index (κ1) is 15.7. The molecule has 2 amide bonds. The summed E-state index contributed by atoms with van der Waals surface area (Å²) in [6.45, 7) is 2.39. The molecule has 0 bridgehead atoms. The lowest BCUT2D eigenvalue weighted by Gasteiger charge is -2.29. The molecule has 0 radical (unpaired) electrons. The molecule has 2 aromatic carbocycles. The third kappa shape index (κ3) is 3.09. The van der Waals surface area contributed by atoms with Crippen LogP contribution in [0.3, 0.4) is 0 Å². The smallest absolute Gasteiger partial charge is 0.258 e. The zero-order chi connectivity index (χ0) is 17.2. The average molecular weight is 336 g/mol. The number of carbonyl (C=O) groups excluding carboxylic acids is 2. The van der Waals surface area contributed by atoms with Crippen molar-refractivity contribution in [2.24, 2.45) is 0 Å². The highest BCUT2D eigenvalue weighted by atomic mass is 16.5. The van der Waals surface area contributed by atoms with Crippen molar-refractivity contribution in [1.29, 1.82) is 0 Å². The number of hydrogen-bond acceptors (Lipinski definition) is 3. The van der Waals surface area contributed by atoms with Gasteiger partial charge in [0.25, 0.3) is 5.91 Å². The quantitative estimate of drug-likeness (QED) is 0.866. The number of fused-ring (bicyclic) bond motifs is 1. The summed E-state index contributed by atoms with van der Waals surface area (Å²) in [6, 6.07) is 15.2. The van der Waals surface area contributed by atoms with Gasteiger partial charge in [-0.15, -0.1) is 0 Å². The molecular weight excluding hydrogens is 316 g/mol. The Kier molecular flexibility index (Phi) is 4.14. The molecule has 5 nitrogen and oxygen atoms in total. The number of nitrogens with zero attached hydrogens (tertiary/aromatic N) is 2. The van der Waals surface area contributed by atoms with E-state index in [0.717, 1.165) is 30.0 Å². The summed E-state index contributed by atoms with van der Waals surface area (Å²) in [5.74, 6) is 0.894. The maximum Gasteiger partial charge on any atom is 0.258 e. The summed E-state index contributed by atoms with van der Waals surface area (Å²) in [4.78, 5) is 28.4. The van der Waals surface area contributed by atoms with E-state index in [-0.39, 0.29) is 11.8 Å². The molecule has 2 aromatic rings. The van der Waals surface area contributed by atoms with Gasteiger partial charge in [0.05, 0.1) is 12.2 Å². The summed E-state index contributed by atoms with van der Waals surface area (Å²) in [6.07, 6.45) is 1.55. The van der Waals surface area contributed by atoms with Gasteiger partial charge in [-0.3, -0.25) is 9.59 Å². The Balaban J connectivity index is 1.57. The lowest BCUT2D eigenvalue weighted by Crippen LogP contribution is -2.38. The second kappa shape index (κ2) is 6.59. The van der Waals surface area contributed by atoms with E-state index < -0.39 is 0 Å². The molecule has 0 unspecified atom stereocenters. The number of rotatable bonds is 3. The van der Waals surface area contributed by atoms with E-state index in [1.165, 1.54) is 0 Å². The van der Waals surface area contributed by atoms with Crippen molar-refractivity contribution in [2.75, 3.05) is 24.6 Å². The molecule has 0 aromatic heterocycles. The molecule has 0 N–H and O–H groups in total. The Morgan fingerprint density at radius 1 is 1.08 bits per heavy atom. The third-order valence-corrected chi connectivity index (χ3v) is 4.69. The van der Waals surface area contributed by atoms with Crippen molar-refractivity contribution < 1.29 is 14.3 Å². The molecular formula is C20H20N2O3. The fraction of sp³-hybridized carbons (Fsp3) is 0.300. The van der Waals surface area contributed by atoms with Crippen LogP contribution in [-0.2, 0) is 11.3 Å². The second-order valence-corrected chi connectivity index (χ2v) is 6.39. The minimum absolute atomic E-state index is 0.0367. The zero-order valence-electron chi connectivity index (χ0n) is 14.0. The Bertz CT molecular complexity index is 818. The number of likely N-dealkylation sites (tertiary alicyclic amines) is 1. The minimum Gasteiger partial charge on any atom is -0.490 e. The van der Waals surface area contributed by atoms with E-state index >= 15 is 0 Å². The van der Waals surface area contributed by atoms with Gasteiger partial charge in [-0.25, -0.2) is 0 Å². The number of anilines is 1. The predicted octanol–water partition coefficient (Wildman–Crippen LogP) is 2.85. The van der Waals surface area contributed by atoms with Crippen LogP contribution in [0.5, 0.6) is 5.75 Å². The van der Waals surface area contributed by atoms with Crippen molar-refractivity contribution in [3.63, 3.8) is 0 Å². The molecule has 128 valence electrons. The van der Waals surface area contributed by atoms with Crippen molar-refractivity contribution in [2.45, 2.75) is 19.4 Å². The standard InChI is InChI=1S/C20H20N2O3/c23-19-9-4-10-21(19)14-15-5-3-6-16(13-15)20(24)22-11-12-25-18-8-2-1-7-17(18)22/h1-3,5-8,13H,4,9-12,14H2. The van der Waals surface area contributed by atoms with Gasteiger partial charge < -0.3 is 14.5 Å². The van der Waals surface area contributed by atoms with Crippen LogP contribution >= 0.6 is 0 Å². The minimum atomic E-state index is -0.0367. The van der Waals surface area contributed by atoms with Gasteiger partial charge >= 0.3 is 0 Å². The van der Waals surface area contributed by atoms with Gasteiger partial charge in [0.1, 0.15) is 12.4 Å². The molecule has 2 aliphatic heterocycles.